The van der Waals surface area contributed by atoms with Crippen molar-refractivity contribution in [1.29, 1.82) is 0 Å². The largest absolute Gasteiger partial charge is 0.504 e. The van der Waals surface area contributed by atoms with Crippen LogP contribution in [0.2, 0.25) is 0 Å². The minimum absolute atomic E-state index is 0.172. The van der Waals surface area contributed by atoms with Gasteiger partial charge in [0.15, 0.2) is 23.0 Å². The van der Waals surface area contributed by atoms with Gasteiger partial charge in [-0.2, -0.15) is 0 Å². The van der Waals surface area contributed by atoms with Gasteiger partial charge in [0.1, 0.15) is 0 Å². The summed E-state index contributed by atoms with van der Waals surface area (Å²) in [5.74, 6) is 2.85. The molecule has 26 heavy (non-hydrogen) atoms. The van der Waals surface area contributed by atoms with Gasteiger partial charge in [-0.3, -0.25) is 0 Å². The van der Waals surface area contributed by atoms with Gasteiger partial charge in [0, 0.05) is 0 Å². The van der Waals surface area contributed by atoms with Crippen LogP contribution in [-0.2, 0) is 12.8 Å². The third-order valence-electron chi connectivity index (χ3n) is 3.72. The molecule has 1 aliphatic rings. The monoisotopic (exact) mass is 356 g/mol. The number of phenols is 1. The van der Waals surface area contributed by atoms with E-state index >= 15 is 0 Å². The van der Waals surface area contributed by atoms with Crippen LogP contribution < -0.4 is 18.9 Å². The molecular weight excluding hydrogens is 332 g/mol. The second-order valence-electron chi connectivity index (χ2n) is 5.52. The predicted molar refractivity (Wildman–Crippen MR) is 102 cm³/mol. The molecule has 0 atom stereocenters. The highest BCUT2D eigenvalue weighted by atomic mass is 16.7. The number of ether oxygens (including phenoxy) is 4. The summed E-state index contributed by atoms with van der Waals surface area (Å²) >= 11 is 0. The SMILES string of the molecule is C=CCc1cc(OC)c2c(c1)OCO2.C=CCc1ccc(O)c(OC)c1. The van der Waals surface area contributed by atoms with Crippen LogP contribution in [0.3, 0.4) is 0 Å². The smallest absolute Gasteiger partial charge is 0.231 e. The Morgan fingerprint density at radius 3 is 2.27 bits per heavy atom. The summed E-state index contributed by atoms with van der Waals surface area (Å²) in [5, 5.41) is 9.25. The maximum absolute atomic E-state index is 9.25. The van der Waals surface area contributed by atoms with E-state index in [4.69, 9.17) is 18.9 Å². The Morgan fingerprint density at radius 2 is 1.62 bits per heavy atom. The molecule has 1 N–H and O–H groups in total. The third kappa shape index (κ3) is 4.72. The minimum atomic E-state index is 0.172. The third-order valence-corrected chi connectivity index (χ3v) is 3.72. The number of hydrogen-bond donors (Lipinski definition) is 1. The van der Waals surface area contributed by atoms with Crippen molar-refractivity contribution < 1.29 is 24.1 Å². The van der Waals surface area contributed by atoms with E-state index in [1.54, 1.807) is 19.2 Å². The number of hydrogen-bond acceptors (Lipinski definition) is 5. The van der Waals surface area contributed by atoms with Gasteiger partial charge < -0.3 is 24.1 Å². The molecule has 5 nitrogen and oxygen atoms in total. The zero-order valence-corrected chi connectivity index (χ0v) is 15.2. The van der Waals surface area contributed by atoms with E-state index in [1.807, 2.05) is 30.4 Å². The molecule has 2 aromatic carbocycles. The quantitative estimate of drug-likeness (QED) is 0.783. The first-order valence-corrected chi connectivity index (χ1v) is 8.17. The molecule has 0 radical (unpaired) electrons. The molecule has 1 heterocycles. The molecule has 0 amide bonds. The molecule has 0 spiro atoms. The lowest BCUT2D eigenvalue weighted by molar-refractivity contribution is 0.171. The molecule has 0 saturated heterocycles. The molecule has 5 heteroatoms. The summed E-state index contributed by atoms with van der Waals surface area (Å²) in [5.41, 5.74) is 2.20. The second-order valence-corrected chi connectivity index (χ2v) is 5.52. The summed E-state index contributed by atoms with van der Waals surface area (Å²) in [4.78, 5) is 0. The molecular formula is C21H24O5. The van der Waals surface area contributed by atoms with Crippen molar-refractivity contribution in [2.45, 2.75) is 12.8 Å². The van der Waals surface area contributed by atoms with E-state index in [0.717, 1.165) is 35.5 Å². The lowest BCUT2D eigenvalue weighted by atomic mass is 10.1. The molecule has 0 unspecified atom stereocenters. The second kappa shape index (κ2) is 9.42. The first-order valence-electron chi connectivity index (χ1n) is 8.17. The Morgan fingerprint density at radius 1 is 0.962 bits per heavy atom. The van der Waals surface area contributed by atoms with Crippen LogP contribution >= 0.6 is 0 Å². The van der Waals surface area contributed by atoms with Crippen molar-refractivity contribution in [2.24, 2.45) is 0 Å². The summed E-state index contributed by atoms with van der Waals surface area (Å²) < 4.78 is 20.7. The van der Waals surface area contributed by atoms with Crippen molar-refractivity contribution in [1.82, 2.24) is 0 Å². The fourth-order valence-electron chi connectivity index (χ4n) is 2.48. The summed E-state index contributed by atoms with van der Waals surface area (Å²) in [6.07, 6.45) is 5.24. The zero-order valence-electron chi connectivity index (χ0n) is 15.2. The first-order chi connectivity index (χ1) is 12.6. The Balaban J connectivity index is 0.000000190. The number of benzene rings is 2. The predicted octanol–water partition coefficient (Wildman–Crippen LogP) is 4.28. The van der Waals surface area contributed by atoms with Gasteiger partial charge in [-0.15, -0.1) is 13.2 Å². The molecule has 1 aliphatic heterocycles. The van der Waals surface area contributed by atoms with Crippen molar-refractivity contribution in [2.75, 3.05) is 21.0 Å². The van der Waals surface area contributed by atoms with Gasteiger partial charge in [-0.1, -0.05) is 18.2 Å². The summed E-state index contributed by atoms with van der Waals surface area (Å²) in [7, 11) is 3.15. The van der Waals surface area contributed by atoms with Crippen LogP contribution in [0.15, 0.2) is 55.6 Å². The standard InChI is InChI=1S/C11H12O3.C10H12O2/c1-3-4-8-5-9(12-2)11-10(6-8)13-7-14-11;1-3-4-8-5-6-9(11)10(7-8)12-2/h3,5-6H,1,4,7H2,2H3;3,5-7,11H,1,4H2,2H3. The van der Waals surface area contributed by atoms with E-state index in [2.05, 4.69) is 13.2 Å². The van der Waals surface area contributed by atoms with E-state index < -0.39 is 0 Å². The number of phenolic OH excluding ortho intramolecular Hbond substituents is 1. The first kappa shape index (κ1) is 19.2. The van der Waals surface area contributed by atoms with Crippen LogP contribution in [0.5, 0.6) is 28.7 Å². The molecule has 138 valence electrons. The highest BCUT2D eigenvalue weighted by Crippen LogP contribution is 2.41. The number of fused-ring (bicyclic) bond motifs is 1. The van der Waals surface area contributed by atoms with Crippen LogP contribution in [0, 0.1) is 0 Å². The average Bonchev–Trinajstić information content (AvgIpc) is 3.12. The highest BCUT2D eigenvalue weighted by Gasteiger charge is 2.19. The molecule has 0 aliphatic carbocycles. The van der Waals surface area contributed by atoms with E-state index in [1.165, 1.54) is 7.11 Å². The van der Waals surface area contributed by atoms with Gasteiger partial charge in [0.05, 0.1) is 14.2 Å². The van der Waals surface area contributed by atoms with Gasteiger partial charge in [-0.05, 0) is 48.2 Å². The Bertz CT molecular complexity index is 767. The van der Waals surface area contributed by atoms with Crippen LogP contribution in [-0.4, -0.2) is 26.1 Å². The number of methoxy groups -OCH3 is 2. The Labute approximate surface area is 154 Å². The maximum atomic E-state index is 9.25. The molecule has 0 saturated carbocycles. The Hall–Kier alpha value is -3.08. The zero-order chi connectivity index (χ0) is 18.9. The van der Waals surface area contributed by atoms with Crippen molar-refractivity contribution >= 4 is 0 Å². The number of rotatable bonds is 6. The average molecular weight is 356 g/mol. The van der Waals surface area contributed by atoms with E-state index in [-0.39, 0.29) is 12.5 Å². The van der Waals surface area contributed by atoms with E-state index in [9.17, 15) is 5.11 Å². The lowest BCUT2D eigenvalue weighted by Gasteiger charge is -2.06. The van der Waals surface area contributed by atoms with Gasteiger partial charge in [0.25, 0.3) is 0 Å². The molecule has 0 fully saturated rings. The molecule has 2 aromatic rings. The van der Waals surface area contributed by atoms with Gasteiger partial charge in [-0.25, -0.2) is 0 Å². The maximum Gasteiger partial charge on any atom is 0.231 e. The normalized spacial score (nSPS) is 11.2. The lowest BCUT2D eigenvalue weighted by Crippen LogP contribution is -1.93. The van der Waals surface area contributed by atoms with Crippen molar-refractivity contribution in [3.63, 3.8) is 0 Å². The highest BCUT2D eigenvalue weighted by molar-refractivity contribution is 5.55. The van der Waals surface area contributed by atoms with Gasteiger partial charge >= 0.3 is 0 Å². The van der Waals surface area contributed by atoms with Crippen LogP contribution in [0.1, 0.15) is 11.1 Å². The van der Waals surface area contributed by atoms with Gasteiger partial charge in [0.2, 0.25) is 12.5 Å². The van der Waals surface area contributed by atoms with Crippen LogP contribution in [0.25, 0.3) is 0 Å². The molecule has 0 bridgehead atoms. The topological polar surface area (TPSA) is 57.2 Å². The Kier molecular flexibility index (Phi) is 6.97. The van der Waals surface area contributed by atoms with Crippen molar-refractivity contribution in [3.05, 3.63) is 66.8 Å². The number of allylic oxidation sites excluding steroid dienone is 2. The summed E-state index contributed by atoms with van der Waals surface area (Å²) in [6.45, 7) is 7.59. The minimum Gasteiger partial charge on any atom is -0.504 e. The molecule has 3 rings (SSSR count). The summed E-state index contributed by atoms with van der Waals surface area (Å²) in [6, 6.07) is 9.16. The number of aromatic hydroxyl groups is 1. The molecule has 0 aromatic heterocycles. The fourth-order valence-corrected chi connectivity index (χ4v) is 2.48. The van der Waals surface area contributed by atoms with Crippen molar-refractivity contribution in [3.8, 4) is 28.7 Å². The van der Waals surface area contributed by atoms with E-state index in [0.29, 0.717) is 11.5 Å². The van der Waals surface area contributed by atoms with Crippen LogP contribution in [0.4, 0.5) is 0 Å². The fraction of sp³-hybridized carbons (Fsp3) is 0.238.